The molecular weight excluding hydrogens is 1200 g/mol. The Kier molecular flexibility index (Phi) is 64.0. The van der Waals surface area contributed by atoms with E-state index in [1.807, 2.05) is 0 Å². The quantitative estimate of drug-likeness (QED) is 0.0222. The Morgan fingerprint density at radius 3 is 0.747 bits per heavy atom. The first-order valence-electron chi connectivity index (χ1n) is 37.6. The summed E-state index contributed by atoms with van der Waals surface area (Å²) in [4.78, 5) is 72.6. The predicted octanol–water partition coefficient (Wildman–Crippen LogP) is 20.9. The molecule has 0 saturated carbocycles. The molecule has 0 aliphatic heterocycles. The van der Waals surface area contributed by atoms with Crippen LogP contribution in [0.3, 0.4) is 0 Å². The van der Waals surface area contributed by atoms with Gasteiger partial charge in [-0.15, -0.1) is 0 Å². The third kappa shape index (κ3) is 66.5. The standard InChI is InChI=1S/C72H140O17P2/c1-6-9-12-15-18-21-24-27-28-29-31-34-37-42-48-53-58-72(77)88-67(61-82-69(74)55-50-45-40-35-33-30-25-22-19-16-13-10-7-2)63-86-90(78,79)84-59-66(73)60-85-91(80,81)87-64-68(62-83-70(75)56-51-46-43-38-39-44-49-54-65(4)5)89-71(76)57-52-47-41-36-32-26-23-20-17-14-11-8-3/h65-68,73H,6-64H2,1-5H3,(H,78,79)(H,80,81)/t66-,67-,68-/m1/s1. The SMILES string of the molecule is CCCCCCCCCCCCCCCCCCC(=O)O[C@H](COC(=O)CCCCCCCCCCCCCCC)COP(=O)(O)OC[C@@H](O)COP(=O)(O)OC[C@@H](COC(=O)CCCCCCCCCC(C)C)OC(=O)CCCCCCCCCCCCCC. The van der Waals surface area contributed by atoms with Crippen molar-refractivity contribution in [1.29, 1.82) is 0 Å². The summed E-state index contributed by atoms with van der Waals surface area (Å²) in [6, 6.07) is 0. The molecule has 19 heteroatoms. The molecule has 0 aliphatic rings. The fraction of sp³-hybridized carbons (Fsp3) is 0.944. The van der Waals surface area contributed by atoms with Gasteiger partial charge in [0.2, 0.25) is 0 Å². The summed E-state index contributed by atoms with van der Waals surface area (Å²) in [5.74, 6) is -1.41. The molecule has 0 radical (unpaired) electrons. The van der Waals surface area contributed by atoms with Crippen LogP contribution in [0.15, 0.2) is 0 Å². The molecule has 2 unspecified atom stereocenters. The van der Waals surface area contributed by atoms with Gasteiger partial charge in [-0.1, -0.05) is 324 Å². The molecule has 0 aromatic heterocycles. The van der Waals surface area contributed by atoms with Crippen LogP contribution >= 0.6 is 15.6 Å². The normalized spacial score (nSPS) is 14.0. The zero-order chi connectivity index (χ0) is 67.0. The van der Waals surface area contributed by atoms with Crippen molar-refractivity contribution in [3.63, 3.8) is 0 Å². The molecule has 91 heavy (non-hydrogen) atoms. The highest BCUT2D eigenvalue weighted by molar-refractivity contribution is 7.47. The van der Waals surface area contributed by atoms with E-state index in [-0.39, 0.29) is 25.7 Å². The molecule has 0 amide bonds. The van der Waals surface area contributed by atoms with Crippen molar-refractivity contribution < 1.29 is 80.2 Å². The number of unbranched alkanes of at least 4 members (excludes halogenated alkanes) is 44. The summed E-state index contributed by atoms with van der Waals surface area (Å²) < 4.78 is 68.4. The number of hydrogen-bond acceptors (Lipinski definition) is 15. The van der Waals surface area contributed by atoms with E-state index < -0.39 is 97.5 Å². The fourth-order valence-electron chi connectivity index (χ4n) is 11.0. The number of phosphoric acid groups is 2. The van der Waals surface area contributed by atoms with Crippen molar-refractivity contribution in [2.45, 2.75) is 393 Å². The van der Waals surface area contributed by atoms with E-state index in [9.17, 15) is 43.2 Å². The van der Waals surface area contributed by atoms with Gasteiger partial charge in [0.1, 0.15) is 19.3 Å². The summed E-state index contributed by atoms with van der Waals surface area (Å²) >= 11 is 0. The highest BCUT2D eigenvalue weighted by Crippen LogP contribution is 2.45. The number of rotatable bonds is 72. The van der Waals surface area contributed by atoms with Gasteiger partial charge in [0.15, 0.2) is 12.2 Å². The second-order valence-corrected chi connectivity index (χ2v) is 29.4. The molecule has 0 fully saturated rings. The van der Waals surface area contributed by atoms with E-state index in [0.717, 1.165) is 96.3 Å². The smallest absolute Gasteiger partial charge is 0.462 e. The minimum Gasteiger partial charge on any atom is -0.462 e. The van der Waals surface area contributed by atoms with Crippen molar-refractivity contribution in [3.05, 3.63) is 0 Å². The van der Waals surface area contributed by atoms with Gasteiger partial charge >= 0.3 is 39.5 Å². The van der Waals surface area contributed by atoms with E-state index >= 15 is 0 Å². The highest BCUT2D eigenvalue weighted by Gasteiger charge is 2.30. The second kappa shape index (κ2) is 65.4. The number of hydrogen-bond donors (Lipinski definition) is 3. The number of carbonyl (C=O) groups excluding carboxylic acids is 4. The van der Waals surface area contributed by atoms with Crippen LogP contribution in [0.1, 0.15) is 375 Å². The van der Waals surface area contributed by atoms with Crippen molar-refractivity contribution in [3.8, 4) is 0 Å². The van der Waals surface area contributed by atoms with Crippen LogP contribution < -0.4 is 0 Å². The van der Waals surface area contributed by atoms with Crippen molar-refractivity contribution in [2.75, 3.05) is 39.6 Å². The van der Waals surface area contributed by atoms with Crippen LogP contribution in [0.2, 0.25) is 0 Å². The summed E-state index contributed by atoms with van der Waals surface area (Å²) in [6.07, 6.45) is 52.6. The molecule has 5 atom stereocenters. The van der Waals surface area contributed by atoms with E-state index in [2.05, 4.69) is 34.6 Å². The fourth-order valence-corrected chi connectivity index (χ4v) is 12.6. The number of phosphoric ester groups is 2. The molecule has 0 aliphatic carbocycles. The molecule has 0 saturated heterocycles. The minimum atomic E-state index is -4.95. The molecule has 17 nitrogen and oxygen atoms in total. The predicted molar refractivity (Wildman–Crippen MR) is 368 cm³/mol. The minimum absolute atomic E-state index is 0.107. The first-order chi connectivity index (χ1) is 44.0. The summed E-state index contributed by atoms with van der Waals surface area (Å²) in [5, 5.41) is 10.6. The average Bonchev–Trinajstić information content (AvgIpc) is 3.71. The first-order valence-corrected chi connectivity index (χ1v) is 40.6. The lowest BCUT2D eigenvalue weighted by molar-refractivity contribution is -0.161. The topological polar surface area (TPSA) is 237 Å². The third-order valence-corrected chi connectivity index (χ3v) is 18.7. The molecular formula is C72H140O17P2. The number of aliphatic hydroxyl groups excluding tert-OH is 1. The zero-order valence-corrected chi connectivity index (χ0v) is 60.8. The summed E-state index contributed by atoms with van der Waals surface area (Å²) in [7, 11) is -9.90. The van der Waals surface area contributed by atoms with Crippen molar-refractivity contribution in [2.24, 2.45) is 5.92 Å². The maximum atomic E-state index is 13.0. The van der Waals surface area contributed by atoms with Gasteiger partial charge in [-0.3, -0.25) is 37.3 Å². The molecule has 3 N–H and O–H groups in total. The van der Waals surface area contributed by atoms with Crippen molar-refractivity contribution in [1.82, 2.24) is 0 Å². The summed E-state index contributed by atoms with van der Waals surface area (Å²) in [5.41, 5.74) is 0. The largest absolute Gasteiger partial charge is 0.472 e. The van der Waals surface area contributed by atoms with Crippen LogP contribution in [0.4, 0.5) is 0 Å². The van der Waals surface area contributed by atoms with E-state index in [1.165, 1.54) is 193 Å². The number of aliphatic hydroxyl groups is 1. The molecule has 0 spiro atoms. The average molecular weight is 1340 g/mol. The van der Waals surface area contributed by atoms with Gasteiger partial charge in [-0.05, 0) is 31.6 Å². The Morgan fingerprint density at radius 1 is 0.297 bits per heavy atom. The number of esters is 4. The molecule has 0 rings (SSSR count). The highest BCUT2D eigenvalue weighted by atomic mass is 31.2. The molecule has 0 bridgehead atoms. The molecule has 540 valence electrons. The monoisotopic (exact) mass is 1340 g/mol. The van der Waals surface area contributed by atoms with Gasteiger partial charge in [-0.2, -0.15) is 0 Å². The lowest BCUT2D eigenvalue weighted by Gasteiger charge is -2.21. The Hall–Kier alpha value is -1.94. The van der Waals surface area contributed by atoms with Gasteiger partial charge in [0.25, 0.3) is 0 Å². The van der Waals surface area contributed by atoms with Gasteiger partial charge < -0.3 is 33.8 Å². The lowest BCUT2D eigenvalue weighted by atomic mass is 10.0. The van der Waals surface area contributed by atoms with Crippen LogP contribution in [-0.4, -0.2) is 96.7 Å². The lowest BCUT2D eigenvalue weighted by Crippen LogP contribution is -2.30. The Morgan fingerprint density at radius 2 is 0.505 bits per heavy atom. The van der Waals surface area contributed by atoms with Crippen LogP contribution in [0, 0.1) is 5.92 Å². The van der Waals surface area contributed by atoms with Crippen LogP contribution in [-0.2, 0) is 65.4 Å². The summed E-state index contributed by atoms with van der Waals surface area (Å²) in [6.45, 7) is 7.21. The van der Waals surface area contributed by atoms with Crippen LogP contribution in [0.25, 0.3) is 0 Å². The molecule has 0 aromatic carbocycles. The van der Waals surface area contributed by atoms with E-state index in [4.69, 9.17) is 37.0 Å². The van der Waals surface area contributed by atoms with Gasteiger partial charge in [0.05, 0.1) is 26.4 Å². The maximum Gasteiger partial charge on any atom is 0.472 e. The maximum absolute atomic E-state index is 13.0. The van der Waals surface area contributed by atoms with E-state index in [1.54, 1.807) is 0 Å². The van der Waals surface area contributed by atoms with Gasteiger partial charge in [-0.25, -0.2) is 9.13 Å². The molecule has 0 aromatic rings. The third-order valence-electron chi connectivity index (χ3n) is 16.8. The number of ether oxygens (including phenoxy) is 4. The van der Waals surface area contributed by atoms with Crippen LogP contribution in [0.5, 0.6) is 0 Å². The van der Waals surface area contributed by atoms with E-state index in [0.29, 0.717) is 31.6 Å². The first kappa shape index (κ1) is 89.1. The Labute approximate surface area is 556 Å². The van der Waals surface area contributed by atoms with Gasteiger partial charge in [0, 0.05) is 25.7 Å². The Balaban J connectivity index is 5.24. The number of carbonyl (C=O) groups is 4. The molecule has 0 heterocycles. The Bertz CT molecular complexity index is 1750. The zero-order valence-electron chi connectivity index (χ0n) is 59.0. The van der Waals surface area contributed by atoms with Crippen molar-refractivity contribution >= 4 is 39.5 Å². The second-order valence-electron chi connectivity index (χ2n) is 26.5.